The van der Waals surface area contributed by atoms with Gasteiger partial charge in [0.15, 0.2) is 0 Å². The van der Waals surface area contributed by atoms with E-state index >= 15 is 0 Å². The number of piperazine rings is 1. The third kappa shape index (κ3) is 2.57. The summed E-state index contributed by atoms with van der Waals surface area (Å²) >= 11 is 0. The molecule has 2 aliphatic rings. The number of hydrogen-bond acceptors (Lipinski definition) is 4. The summed E-state index contributed by atoms with van der Waals surface area (Å²) in [6, 6.07) is 8.81. The van der Waals surface area contributed by atoms with Crippen molar-refractivity contribution in [2.45, 2.75) is 23.8 Å². The summed E-state index contributed by atoms with van der Waals surface area (Å²) in [4.78, 5) is 2.65. The number of hydrogen-bond donors (Lipinski definition) is 0. The molecule has 0 spiro atoms. The van der Waals surface area contributed by atoms with Gasteiger partial charge in [-0.2, -0.15) is 9.57 Å². The van der Waals surface area contributed by atoms with Crippen molar-refractivity contribution in [1.82, 2.24) is 9.21 Å². The summed E-state index contributed by atoms with van der Waals surface area (Å²) in [6.07, 6.45) is 2.50. The van der Waals surface area contributed by atoms with Gasteiger partial charge >= 0.3 is 0 Å². The second kappa shape index (κ2) is 5.17. The van der Waals surface area contributed by atoms with E-state index in [-0.39, 0.29) is 4.90 Å². The molecule has 1 aliphatic carbocycles. The van der Waals surface area contributed by atoms with E-state index in [1.165, 1.54) is 25.0 Å². The second-order valence-electron chi connectivity index (χ2n) is 5.31. The fourth-order valence-electron chi connectivity index (χ4n) is 2.60. The summed E-state index contributed by atoms with van der Waals surface area (Å²) in [5, 5.41) is 8.75. The SMILES string of the molecule is N#Cc1ccc(S(=O)(=O)N2CCN(C3CC3)CC2)cc1. The molecule has 3 rings (SSSR count). The van der Waals surface area contributed by atoms with Crippen LogP contribution in [0.5, 0.6) is 0 Å². The Morgan fingerprint density at radius 3 is 2.15 bits per heavy atom. The molecule has 0 bridgehead atoms. The van der Waals surface area contributed by atoms with Crippen molar-refractivity contribution in [2.24, 2.45) is 0 Å². The smallest absolute Gasteiger partial charge is 0.243 e. The Hall–Kier alpha value is -1.42. The third-order valence-corrected chi connectivity index (χ3v) is 5.87. The van der Waals surface area contributed by atoms with Crippen LogP contribution in [-0.2, 0) is 10.0 Å². The largest absolute Gasteiger partial charge is 0.298 e. The molecule has 0 N–H and O–H groups in total. The molecular formula is C14H17N3O2S. The lowest BCUT2D eigenvalue weighted by Gasteiger charge is -2.34. The van der Waals surface area contributed by atoms with Crippen LogP contribution in [0.4, 0.5) is 0 Å². The van der Waals surface area contributed by atoms with Crippen LogP contribution in [0.3, 0.4) is 0 Å². The van der Waals surface area contributed by atoms with Gasteiger partial charge in [-0.3, -0.25) is 4.90 Å². The zero-order chi connectivity index (χ0) is 14.2. The van der Waals surface area contributed by atoms with Crippen LogP contribution >= 0.6 is 0 Å². The first-order chi connectivity index (χ1) is 9.61. The van der Waals surface area contributed by atoms with Gasteiger partial charge in [-0.25, -0.2) is 8.42 Å². The Labute approximate surface area is 119 Å². The number of benzene rings is 1. The maximum atomic E-state index is 12.5. The molecule has 0 aromatic heterocycles. The highest BCUT2D eigenvalue weighted by Crippen LogP contribution is 2.28. The maximum absolute atomic E-state index is 12.5. The summed E-state index contributed by atoms with van der Waals surface area (Å²) in [5.74, 6) is 0. The normalized spacial score (nSPS) is 21.6. The zero-order valence-corrected chi connectivity index (χ0v) is 12.0. The van der Waals surface area contributed by atoms with Crippen LogP contribution in [0.15, 0.2) is 29.2 Å². The number of nitrogens with zero attached hydrogens (tertiary/aromatic N) is 3. The minimum Gasteiger partial charge on any atom is -0.298 e. The summed E-state index contributed by atoms with van der Waals surface area (Å²) in [6.45, 7) is 2.75. The molecule has 5 nitrogen and oxygen atoms in total. The fourth-order valence-corrected chi connectivity index (χ4v) is 4.02. The lowest BCUT2D eigenvalue weighted by atomic mass is 10.2. The Bertz CT molecular complexity index is 621. The first kappa shape index (κ1) is 13.6. The topological polar surface area (TPSA) is 64.4 Å². The van der Waals surface area contributed by atoms with Crippen LogP contribution in [0.25, 0.3) is 0 Å². The maximum Gasteiger partial charge on any atom is 0.243 e. The Kier molecular flexibility index (Phi) is 3.50. The van der Waals surface area contributed by atoms with Gasteiger partial charge in [0.1, 0.15) is 0 Å². The summed E-state index contributed by atoms with van der Waals surface area (Å²) in [7, 11) is -3.42. The average Bonchev–Trinajstić information content (AvgIpc) is 3.32. The van der Waals surface area contributed by atoms with E-state index in [0.717, 1.165) is 13.1 Å². The predicted octanol–water partition coefficient (Wildman–Crippen LogP) is 1.03. The average molecular weight is 291 g/mol. The van der Waals surface area contributed by atoms with E-state index in [1.54, 1.807) is 16.4 Å². The number of rotatable bonds is 3. The van der Waals surface area contributed by atoms with Crippen molar-refractivity contribution in [1.29, 1.82) is 5.26 Å². The molecule has 2 fully saturated rings. The van der Waals surface area contributed by atoms with E-state index in [0.29, 0.717) is 24.7 Å². The molecule has 0 unspecified atom stereocenters. The minimum atomic E-state index is -3.42. The molecule has 20 heavy (non-hydrogen) atoms. The Morgan fingerprint density at radius 2 is 1.65 bits per heavy atom. The standard InChI is InChI=1S/C14H17N3O2S/c15-11-12-1-5-14(6-2-12)20(18,19)17-9-7-16(8-10-17)13-3-4-13/h1-2,5-6,13H,3-4,7-10H2. The van der Waals surface area contributed by atoms with Crippen molar-refractivity contribution in [3.05, 3.63) is 29.8 Å². The van der Waals surface area contributed by atoms with Crippen LogP contribution in [0.2, 0.25) is 0 Å². The van der Waals surface area contributed by atoms with E-state index in [9.17, 15) is 8.42 Å². The van der Waals surface area contributed by atoms with Crippen LogP contribution < -0.4 is 0 Å². The van der Waals surface area contributed by atoms with Gasteiger partial charge in [-0.05, 0) is 37.1 Å². The van der Waals surface area contributed by atoms with Crippen molar-refractivity contribution in [3.63, 3.8) is 0 Å². The summed E-state index contributed by atoms with van der Waals surface area (Å²) < 4.78 is 26.6. The number of nitriles is 1. The molecule has 0 radical (unpaired) electrons. The highest BCUT2D eigenvalue weighted by Gasteiger charge is 2.34. The predicted molar refractivity (Wildman–Crippen MR) is 74.5 cm³/mol. The first-order valence-corrected chi connectivity index (χ1v) is 8.29. The van der Waals surface area contributed by atoms with Gasteiger partial charge in [0, 0.05) is 32.2 Å². The zero-order valence-electron chi connectivity index (χ0n) is 11.2. The van der Waals surface area contributed by atoms with Crippen molar-refractivity contribution >= 4 is 10.0 Å². The molecule has 1 aliphatic heterocycles. The molecule has 106 valence electrons. The highest BCUT2D eigenvalue weighted by atomic mass is 32.2. The molecular weight excluding hydrogens is 274 g/mol. The molecule has 1 aromatic rings. The molecule has 6 heteroatoms. The molecule has 1 aromatic carbocycles. The quantitative estimate of drug-likeness (QED) is 0.834. The first-order valence-electron chi connectivity index (χ1n) is 6.85. The van der Waals surface area contributed by atoms with Gasteiger partial charge in [-0.1, -0.05) is 0 Å². The van der Waals surface area contributed by atoms with Crippen molar-refractivity contribution in [2.75, 3.05) is 26.2 Å². The lowest BCUT2D eigenvalue weighted by Crippen LogP contribution is -2.49. The molecule has 0 atom stereocenters. The highest BCUT2D eigenvalue weighted by molar-refractivity contribution is 7.89. The fraction of sp³-hybridized carbons (Fsp3) is 0.500. The van der Waals surface area contributed by atoms with Gasteiger partial charge < -0.3 is 0 Å². The molecule has 1 saturated carbocycles. The monoisotopic (exact) mass is 291 g/mol. The van der Waals surface area contributed by atoms with E-state index in [1.807, 2.05) is 6.07 Å². The number of sulfonamides is 1. The van der Waals surface area contributed by atoms with Gasteiger partial charge in [-0.15, -0.1) is 0 Å². The van der Waals surface area contributed by atoms with E-state index in [2.05, 4.69) is 4.90 Å². The van der Waals surface area contributed by atoms with E-state index < -0.39 is 10.0 Å². The Morgan fingerprint density at radius 1 is 1.05 bits per heavy atom. The third-order valence-electron chi connectivity index (χ3n) is 3.96. The molecule has 1 heterocycles. The van der Waals surface area contributed by atoms with Crippen LogP contribution in [0.1, 0.15) is 18.4 Å². The van der Waals surface area contributed by atoms with E-state index in [4.69, 9.17) is 5.26 Å². The van der Waals surface area contributed by atoms with Crippen LogP contribution in [0, 0.1) is 11.3 Å². The second-order valence-corrected chi connectivity index (χ2v) is 7.25. The van der Waals surface area contributed by atoms with Crippen molar-refractivity contribution < 1.29 is 8.42 Å². The summed E-state index contributed by atoms with van der Waals surface area (Å²) in [5.41, 5.74) is 0.475. The lowest BCUT2D eigenvalue weighted by molar-refractivity contribution is 0.180. The molecule has 0 amide bonds. The van der Waals surface area contributed by atoms with Crippen LogP contribution in [-0.4, -0.2) is 49.8 Å². The Balaban J connectivity index is 1.73. The van der Waals surface area contributed by atoms with Gasteiger partial charge in [0.2, 0.25) is 10.0 Å². The van der Waals surface area contributed by atoms with Crippen molar-refractivity contribution in [3.8, 4) is 6.07 Å². The minimum absolute atomic E-state index is 0.274. The van der Waals surface area contributed by atoms with Gasteiger partial charge in [0.25, 0.3) is 0 Å². The van der Waals surface area contributed by atoms with Gasteiger partial charge in [0.05, 0.1) is 16.5 Å². The molecule has 1 saturated heterocycles.